The van der Waals surface area contributed by atoms with Crippen molar-refractivity contribution in [1.82, 2.24) is 4.98 Å². The average molecular weight is 259 g/mol. The van der Waals surface area contributed by atoms with Crippen molar-refractivity contribution in [3.63, 3.8) is 0 Å². The Kier molecular flexibility index (Phi) is 4.28. The number of allylic oxidation sites excluding steroid dienone is 3. The molecule has 0 bridgehead atoms. The molecule has 2 heterocycles. The summed E-state index contributed by atoms with van der Waals surface area (Å²) in [5.74, 6) is 2.07. The Bertz CT molecular complexity index is 484. The van der Waals surface area contributed by atoms with E-state index >= 15 is 0 Å². The van der Waals surface area contributed by atoms with Crippen molar-refractivity contribution in [2.45, 2.75) is 38.5 Å². The van der Waals surface area contributed by atoms with E-state index in [-0.39, 0.29) is 0 Å². The lowest BCUT2D eigenvalue weighted by molar-refractivity contribution is 0.815. The molecule has 96 valence electrons. The molecule has 2 rings (SSSR count). The second-order valence-corrected chi connectivity index (χ2v) is 6.33. The first-order chi connectivity index (χ1) is 8.61. The molecule has 0 unspecified atom stereocenters. The SMILES string of the molecule is CC(C)/C1=C/C=C\CSc2cncc(C(C)C)c21. The highest BCUT2D eigenvalue weighted by Crippen LogP contribution is 2.38. The summed E-state index contributed by atoms with van der Waals surface area (Å²) in [6.45, 7) is 9.02. The lowest BCUT2D eigenvalue weighted by atomic mass is 9.88. The van der Waals surface area contributed by atoms with Crippen LogP contribution in [0.4, 0.5) is 0 Å². The fourth-order valence-corrected chi connectivity index (χ4v) is 3.14. The highest BCUT2D eigenvalue weighted by atomic mass is 32.2. The van der Waals surface area contributed by atoms with Crippen LogP contribution in [-0.2, 0) is 0 Å². The van der Waals surface area contributed by atoms with Crippen LogP contribution in [0.15, 0.2) is 35.5 Å². The van der Waals surface area contributed by atoms with Crippen LogP contribution < -0.4 is 0 Å². The first-order valence-electron chi connectivity index (χ1n) is 6.59. The van der Waals surface area contributed by atoms with Crippen molar-refractivity contribution in [2.24, 2.45) is 5.92 Å². The molecule has 0 saturated heterocycles. The normalized spacial score (nSPS) is 20.0. The van der Waals surface area contributed by atoms with Crippen molar-refractivity contribution in [1.29, 1.82) is 0 Å². The van der Waals surface area contributed by atoms with E-state index < -0.39 is 0 Å². The first kappa shape index (κ1) is 13.4. The molecule has 0 aromatic carbocycles. The number of fused-ring (bicyclic) bond motifs is 1. The first-order valence-corrected chi connectivity index (χ1v) is 7.57. The van der Waals surface area contributed by atoms with E-state index in [1.54, 1.807) is 0 Å². The number of thioether (sulfide) groups is 1. The van der Waals surface area contributed by atoms with Crippen molar-refractivity contribution in [3.8, 4) is 0 Å². The number of hydrogen-bond acceptors (Lipinski definition) is 2. The molecule has 18 heavy (non-hydrogen) atoms. The van der Waals surface area contributed by atoms with Crippen LogP contribution in [0.2, 0.25) is 0 Å². The molecule has 1 aliphatic rings. The highest BCUT2D eigenvalue weighted by Gasteiger charge is 2.18. The number of hydrogen-bond donors (Lipinski definition) is 0. The van der Waals surface area contributed by atoms with Gasteiger partial charge in [0.25, 0.3) is 0 Å². The Morgan fingerprint density at radius 1 is 1.11 bits per heavy atom. The van der Waals surface area contributed by atoms with Crippen LogP contribution in [0.25, 0.3) is 5.57 Å². The van der Waals surface area contributed by atoms with Gasteiger partial charge >= 0.3 is 0 Å². The summed E-state index contributed by atoms with van der Waals surface area (Å²) in [7, 11) is 0. The van der Waals surface area contributed by atoms with Gasteiger partial charge in [-0.2, -0.15) is 0 Å². The van der Waals surface area contributed by atoms with Gasteiger partial charge in [0, 0.05) is 23.0 Å². The van der Waals surface area contributed by atoms with Gasteiger partial charge in [-0.3, -0.25) is 4.98 Å². The van der Waals surface area contributed by atoms with Crippen LogP contribution in [0.3, 0.4) is 0 Å². The van der Waals surface area contributed by atoms with Crippen LogP contribution in [0.1, 0.15) is 44.7 Å². The molecule has 0 fully saturated rings. The smallest absolute Gasteiger partial charge is 0.0410 e. The van der Waals surface area contributed by atoms with Crippen molar-refractivity contribution < 1.29 is 0 Å². The van der Waals surface area contributed by atoms with Crippen molar-refractivity contribution >= 4 is 17.3 Å². The topological polar surface area (TPSA) is 12.9 Å². The summed E-state index contributed by atoms with van der Waals surface area (Å²) in [5, 5.41) is 0. The number of nitrogens with zero attached hydrogens (tertiary/aromatic N) is 1. The zero-order valence-electron chi connectivity index (χ0n) is 11.6. The molecule has 0 N–H and O–H groups in total. The summed E-state index contributed by atoms with van der Waals surface area (Å²) >= 11 is 1.89. The third kappa shape index (κ3) is 2.69. The third-order valence-corrected chi connectivity index (χ3v) is 4.20. The van der Waals surface area contributed by atoms with E-state index in [1.807, 2.05) is 24.2 Å². The maximum Gasteiger partial charge on any atom is 0.0410 e. The van der Waals surface area contributed by atoms with Crippen LogP contribution >= 0.6 is 11.8 Å². The predicted octanol–water partition coefficient (Wildman–Crippen LogP) is 4.91. The van der Waals surface area contributed by atoms with E-state index in [2.05, 4.69) is 50.9 Å². The van der Waals surface area contributed by atoms with Gasteiger partial charge in [-0.1, -0.05) is 45.9 Å². The van der Waals surface area contributed by atoms with E-state index in [1.165, 1.54) is 21.6 Å². The molecular formula is C16H21NS. The largest absolute Gasteiger partial charge is 0.263 e. The van der Waals surface area contributed by atoms with Gasteiger partial charge in [0.05, 0.1) is 0 Å². The Hall–Kier alpha value is -1.02. The summed E-state index contributed by atoms with van der Waals surface area (Å²) in [6, 6.07) is 0. The maximum absolute atomic E-state index is 4.41. The van der Waals surface area contributed by atoms with Gasteiger partial charge in [-0.15, -0.1) is 11.8 Å². The second kappa shape index (κ2) is 5.75. The van der Waals surface area contributed by atoms with E-state index in [0.29, 0.717) is 11.8 Å². The van der Waals surface area contributed by atoms with Crippen molar-refractivity contribution in [3.05, 3.63) is 41.7 Å². The Morgan fingerprint density at radius 2 is 1.89 bits per heavy atom. The average Bonchev–Trinajstić information content (AvgIpc) is 2.28. The maximum atomic E-state index is 4.41. The fraction of sp³-hybridized carbons (Fsp3) is 0.438. The number of pyridine rings is 1. The van der Waals surface area contributed by atoms with Gasteiger partial charge in [-0.05, 0) is 28.5 Å². The van der Waals surface area contributed by atoms with E-state index in [0.717, 1.165) is 5.75 Å². The van der Waals surface area contributed by atoms with E-state index in [9.17, 15) is 0 Å². The summed E-state index contributed by atoms with van der Waals surface area (Å²) in [4.78, 5) is 5.74. The molecule has 0 spiro atoms. The Balaban J connectivity index is 2.65. The molecule has 2 heteroatoms. The summed E-state index contributed by atoms with van der Waals surface area (Å²) in [6.07, 6.45) is 10.7. The van der Waals surface area contributed by atoms with Gasteiger partial charge in [0.2, 0.25) is 0 Å². The molecule has 1 aromatic heterocycles. The molecule has 0 amide bonds. The Labute approximate surface area is 114 Å². The minimum absolute atomic E-state index is 0.513. The molecule has 1 nitrogen and oxygen atoms in total. The lowest BCUT2D eigenvalue weighted by Gasteiger charge is -2.21. The van der Waals surface area contributed by atoms with Crippen molar-refractivity contribution in [2.75, 3.05) is 5.75 Å². The van der Waals surface area contributed by atoms with Crippen LogP contribution in [0.5, 0.6) is 0 Å². The summed E-state index contributed by atoms with van der Waals surface area (Å²) < 4.78 is 0. The molecule has 1 aromatic rings. The predicted molar refractivity (Wildman–Crippen MR) is 81.0 cm³/mol. The zero-order chi connectivity index (χ0) is 13.1. The van der Waals surface area contributed by atoms with Crippen LogP contribution in [0, 0.1) is 5.92 Å². The molecule has 0 saturated carbocycles. The van der Waals surface area contributed by atoms with Gasteiger partial charge in [0.15, 0.2) is 0 Å². The monoisotopic (exact) mass is 259 g/mol. The van der Waals surface area contributed by atoms with E-state index in [4.69, 9.17) is 0 Å². The quantitative estimate of drug-likeness (QED) is 0.748. The van der Waals surface area contributed by atoms with Gasteiger partial charge < -0.3 is 0 Å². The molecular weight excluding hydrogens is 238 g/mol. The third-order valence-electron chi connectivity index (χ3n) is 3.22. The molecule has 0 radical (unpaired) electrons. The number of rotatable bonds is 2. The van der Waals surface area contributed by atoms with Crippen LogP contribution in [-0.4, -0.2) is 10.7 Å². The minimum atomic E-state index is 0.513. The van der Waals surface area contributed by atoms with Gasteiger partial charge in [-0.25, -0.2) is 0 Å². The highest BCUT2D eigenvalue weighted by molar-refractivity contribution is 7.99. The molecule has 0 aliphatic carbocycles. The molecule has 1 aliphatic heterocycles. The second-order valence-electron chi connectivity index (χ2n) is 5.27. The minimum Gasteiger partial charge on any atom is -0.263 e. The fourth-order valence-electron chi connectivity index (χ4n) is 2.24. The molecule has 0 atom stereocenters. The standard InChI is InChI=1S/C16H21NS/c1-11(2)13-7-5-6-8-18-15-10-17-9-14(12(3)4)16(13)15/h5-7,9-12H,8H2,1-4H3/b6-5-,13-7-. The zero-order valence-corrected chi connectivity index (χ0v) is 12.4. The van der Waals surface area contributed by atoms with Gasteiger partial charge in [0.1, 0.15) is 0 Å². The summed E-state index contributed by atoms with van der Waals surface area (Å²) in [5.41, 5.74) is 4.22. The lowest BCUT2D eigenvalue weighted by Crippen LogP contribution is -2.04. The number of aromatic nitrogens is 1. The Morgan fingerprint density at radius 3 is 2.56 bits per heavy atom.